The van der Waals surface area contributed by atoms with E-state index in [0.717, 1.165) is 4.90 Å². The Hall–Kier alpha value is -3.80. The first-order chi connectivity index (χ1) is 16.8. The third-order valence-electron chi connectivity index (χ3n) is 5.54. The summed E-state index contributed by atoms with van der Waals surface area (Å²) in [6, 6.07) is 3.75. The lowest BCUT2D eigenvalue weighted by Gasteiger charge is -2.27. The molecule has 1 unspecified atom stereocenters. The fourth-order valence-electron chi connectivity index (χ4n) is 3.85. The van der Waals surface area contributed by atoms with Gasteiger partial charge in [-0.05, 0) is 31.4 Å². The first kappa shape index (κ1) is 25.8. The van der Waals surface area contributed by atoms with E-state index in [-0.39, 0.29) is 56.6 Å². The molecule has 2 aliphatic rings. The molecule has 0 radical (unpaired) electrons. The van der Waals surface area contributed by atoms with Gasteiger partial charge >= 0.3 is 11.9 Å². The highest BCUT2D eigenvalue weighted by Crippen LogP contribution is 2.32. The van der Waals surface area contributed by atoms with Crippen LogP contribution in [0.2, 0.25) is 0 Å². The molecule has 1 aromatic carbocycles. The minimum Gasteiger partial charge on any atom is -0.481 e. The summed E-state index contributed by atoms with van der Waals surface area (Å²) in [6.45, 7) is 0.765. The molecule has 0 aliphatic carbocycles. The molecule has 0 saturated carbocycles. The lowest BCUT2D eigenvalue weighted by Crippen LogP contribution is -2.54. The number of rotatable bonds is 13. The van der Waals surface area contributed by atoms with E-state index in [2.05, 4.69) is 10.6 Å². The Balaban J connectivity index is 1.42. The summed E-state index contributed by atoms with van der Waals surface area (Å²) >= 11 is 0. The van der Waals surface area contributed by atoms with Crippen molar-refractivity contribution in [3.05, 3.63) is 29.3 Å². The standard InChI is InChI=1S/C23H27N3O9/c27-17-9-8-16(21(31)25-17)26-22(32)14-4-3-5-15(20(14)23(26)33)24-10-11-34-12-13-35-19(30)7-2-1-6-18(28)29/h3-5,16,24H,1-2,6-13H2,(H,28,29)(H,25,27,31). The van der Waals surface area contributed by atoms with Gasteiger partial charge in [0, 0.05) is 31.5 Å². The Bertz CT molecular complexity index is 1020. The monoisotopic (exact) mass is 489 g/mol. The smallest absolute Gasteiger partial charge is 0.305 e. The van der Waals surface area contributed by atoms with Crippen LogP contribution in [0.5, 0.6) is 0 Å². The molecule has 12 nitrogen and oxygen atoms in total. The van der Waals surface area contributed by atoms with Crippen molar-refractivity contribution in [1.82, 2.24) is 10.2 Å². The van der Waals surface area contributed by atoms with Crippen LogP contribution in [0.4, 0.5) is 5.69 Å². The molecule has 0 spiro atoms. The Labute approximate surface area is 200 Å². The van der Waals surface area contributed by atoms with Crippen molar-refractivity contribution in [3.8, 4) is 0 Å². The van der Waals surface area contributed by atoms with Gasteiger partial charge in [0.05, 0.1) is 24.3 Å². The number of nitrogens with one attached hydrogen (secondary N) is 2. The molecular formula is C23H27N3O9. The van der Waals surface area contributed by atoms with E-state index in [0.29, 0.717) is 25.1 Å². The number of fused-ring (bicyclic) bond motifs is 1. The van der Waals surface area contributed by atoms with E-state index < -0.39 is 41.6 Å². The van der Waals surface area contributed by atoms with Crippen LogP contribution in [-0.4, -0.2) is 78.0 Å². The average molecular weight is 489 g/mol. The Morgan fingerprint density at radius 1 is 1.06 bits per heavy atom. The minimum absolute atomic E-state index is 0.0166. The van der Waals surface area contributed by atoms with Gasteiger partial charge in [0.1, 0.15) is 12.6 Å². The summed E-state index contributed by atoms with van der Waals surface area (Å²) < 4.78 is 10.4. The van der Waals surface area contributed by atoms with E-state index in [4.69, 9.17) is 14.6 Å². The third-order valence-corrected chi connectivity index (χ3v) is 5.54. The van der Waals surface area contributed by atoms with Gasteiger partial charge in [-0.1, -0.05) is 6.07 Å². The van der Waals surface area contributed by atoms with Crippen LogP contribution in [0.25, 0.3) is 0 Å². The molecule has 1 fully saturated rings. The summed E-state index contributed by atoms with van der Waals surface area (Å²) in [6.07, 6.45) is 1.15. The zero-order chi connectivity index (χ0) is 25.4. The fraction of sp³-hybridized carbons (Fsp3) is 0.478. The number of imide groups is 2. The summed E-state index contributed by atoms with van der Waals surface area (Å²) in [5.41, 5.74) is 0.770. The number of carboxylic acids is 1. The number of hydrogen-bond acceptors (Lipinski definition) is 9. The van der Waals surface area contributed by atoms with Gasteiger partial charge in [0.15, 0.2) is 0 Å². The van der Waals surface area contributed by atoms with Crippen LogP contribution in [0.3, 0.4) is 0 Å². The maximum absolute atomic E-state index is 13.0. The molecule has 3 rings (SSSR count). The number of anilines is 1. The van der Waals surface area contributed by atoms with E-state index in [1.807, 2.05) is 0 Å². The second-order valence-electron chi connectivity index (χ2n) is 8.04. The molecule has 1 aromatic rings. The lowest BCUT2D eigenvalue weighted by atomic mass is 10.0. The predicted octanol–water partition coefficient (Wildman–Crippen LogP) is 0.704. The summed E-state index contributed by atoms with van der Waals surface area (Å²) in [5, 5.41) is 13.8. The van der Waals surface area contributed by atoms with Crippen molar-refractivity contribution < 1.29 is 43.3 Å². The molecule has 0 aromatic heterocycles. The second-order valence-corrected chi connectivity index (χ2v) is 8.04. The number of ether oxygens (including phenoxy) is 2. The van der Waals surface area contributed by atoms with E-state index in [1.54, 1.807) is 12.1 Å². The van der Waals surface area contributed by atoms with Crippen molar-refractivity contribution >= 4 is 41.3 Å². The topological polar surface area (TPSA) is 168 Å². The number of amides is 4. The Kier molecular flexibility index (Phi) is 8.90. The molecule has 4 amide bonds. The normalized spacial score (nSPS) is 17.3. The summed E-state index contributed by atoms with van der Waals surface area (Å²) in [4.78, 5) is 72.3. The van der Waals surface area contributed by atoms with Crippen LogP contribution >= 0.6 is 0 Å². The highest BCUT2D eigenvalue weighted by molar-refractivity contribution is 6.25. The molecule has 0 bridgehead atoms. The highest BCUT2D eigenvalue weighted by Gasteiger charge is 2.45. The van der Waals surface area contributed by atoms with Gasteiger partial charge in [-0.15, -0.1) is 0 Å². The van der Waals surface area contributed by atoms with Crippen molar-refractivity contribution in [2.75, 3.05) is 31.7 Å². The number of carbonyl (C=O) groups excluding carboxylic acids is 5. The molecule has 12 heteroatoms. The molecule has 1 atom stereocenters. The maximum atomic E-state index is 13.0. The SMILES string of the molecule is O=C(O)CCCCC(=O)OCCOCCNc1cccc2c1C(=O)N(C1CCC(=O)NC1=O)C2=O. The second kappa shape index (κ2) is 12.1. The molecule has 1 saturated heterocycles. The molecule has 188 valence electrons. The molecule has 2 aliphatic heterocycles. The zero-order valence-corrected chi connectivity index (χ0v) is 19.0. The number of aliphatic carboxylic acids is 1. The van der Waals surface area contributed by atoms with Crippen LogP contribution in [0.15, 0.2) is 18.2 Å². The Morgan fingerprint density at radius 3 is 2.57 bits per heavy atom. The van der Waals surface area contributed by atoms with E-state index >= 15 is 0 Å². The van der Waals surface area contributed by atoms with Crippen molar-refractivity contribution in [2.24, 2.45) is 0 Å². The number of carbonyl (C=O) groups is 6. The van der Waals surface area contributed by atoms with Crippen molar-refractivity contribution in [2.45, 2.75) is 44.6 Å². The van der Waals surface area contributed by atoms with Crippen molar-refractivity contribution in [1.29, 1.82) is 0 Å². The van der Waals surface area contributed by atoms with Crippen LogP contribution in [0.1, 0.15) is 59.2 Å². The minimum atomic E-state index is -1.03. The van der Waals surface area contributed by atoms with E-state index in [1.165, 1.54) is 6.07 Å². The van der Waals surface area contributed by atoms with Gasteiger partial charge < -0.3 is 19.9 Å². The molecule has 3 N–H and O–H groups in total. The first-order valence-electron chi connectivity index (χ1n) is 11.3. The van der Waals surface area contributed by atoms with Gasteiger partial charge in [-0.2, -0.15) is 0 Å². The fourth-order valence-corrected chi connectivity index (χ4v) is 3.85. The number of esters is 1. The van der Waals surface area contributed by atoms with Gasteiger partial charge in [-0.25, -0.2) is 0 Å². The Morgan fingerprint density at radius 2 is 1.83 bits per heavy atom. The average Bonchev–Trinajstić information content (AvgIpc) is 3.07. The predicted molar refractivity (Wildman–Crippen MR) is 119 cm³/mol. The van der Waals surface area contributed by atoms with Gasteiger partial charge in [0.2, 0.25) is 11.8 Å². The molecule has 35 heavy (non-hydrogen) atoms. The number of nitrogens with zero attached hydrogens (tertiary/aromatic N) is 1. The van der Waals surface area contributed by atoms with E-state index in [9.17, 15) is 28.8 Å². The van der Waals surface area contributed by atoms with Crippen molar-refractivity contribution in [3.63, 3.8) is 0 Å². The summed E-state index contributed by atoms with van der Waals surface area (Å²) in [7, 11) is 0. The largest absolute Gasteiger partial charge is 0.481 e. The lowest BCUT2D eigenvalue weighted by molar-refractivity contribution is -0.145. The zero-order valence-electron chi connectivity index (χ0n) is 19.0. The van der Waals surface area contributed by atoms with Gasteiger partial charge in [0.25, 0.3) is 11.8 Å². The number of hydrogen-bond donors (Lipinski definition) is 3. The quantitative estimate of drug-likeness (QED) is 0.204. The molecular weight excluding hydrogens is 462 g/mol. The number of unbranched alkanes of at least 4 members (excludes halogenated alkanes) is 1. The first-order valence-corrected chi connectivity index (χ1v) is 11.3. The molecule has 2 heterocycles. The number of benzene rings is 1. The number of carboxylic acid groups (broad SMARTS) is 1. The summed E-state index contributed by atoms with van der Waals surface area (Å²) in [5.74, 6) is -3.59. The van der Waals surface area contributed by atoms with Crippen LogP contribution in [0, 0.1) is 0 Å². The number of piperidine rings is 1. The van der Waals surface area contributed by atoms with Crippen LogP contribution < -0.4 is 10.6 Å². The van der Waals surface area contributed by atoms with Gasteiger partial charge in [-0.3, -0.25) is 39.0 Å². The van der Waals surface area contributed by atoms with Crippen LogP contribution in [-0.2, 0) is 28.7 Å². The maximum Gasteiger partial charge on any atom is 0.305 e. The highest BCUT2D eigenvalue weighted by atomic mass is 16.6. The third kappa shape index (κ3) is 6.63.